The molecule has 0 atom stereocenters. The van der Waals surface area contributed by atoms with Crippen LogP contribution < -0.4 is 5.32 Å². The summed E-state index contributed by atoms with van der Waals surface area (Å²) in [7, 11) is 0. The van der Waals surface area contributed by atoms with Gasteiger partial charge in [0, 0.05) is 12.4 Å². The summed E-state index contributed by atoms with van der Waals surface area (Å²) in [5.74, 6) is 0. The fourth-order valence-electron chi connectivity index (χ4n) is 6.37. The Morgan fingerprint density at radius 1 is 0.465 bits per heavy atom. The average Bonchev–Trinajstić information content (AvgIpc) is 3.39. The van der Waals surface area contributed by atoms with Crippen LogP contribution in [-0.2, 0) is 12.8 Å². The number of fused-ring (bicyclic) bond motifs is 5. The van der Waals surface area contributed by atoms with Crippen LogP contribution in [0.4, 0.5) is 0 Å². The molecule has 43 heavy (non-hydrogen) atoms. The van der Waals surface area contributed by atoms with Gasteiger partial charge in [0.05, 0.1) is 0 Å². The van der Waals surface area contributed by atoms with Gasteiger partial charge in [-0.2, -0.15) is 0 Å². The third-order valence-electron chi connectivity index (χ3n) is 8.93. The fraction of sp³-hybridized carbons (Fsp3) is 0.524. The molecule has 0 saturated heterocycles. The molecule has 0 radical (unpaired) electrons. The molecule has 3 aromatic carbocycles. The maximum absolute atomic E-state index is 2.92. The summed E-state index contributed by atoms with van der Waals surface area (Å²) < 4.78 is 0. The van der Waals surface area contributed by atoms with Gasteiger partial charge in [-0.1, -0.05) is 177 Å². The summed E-state index contributed by atoms with van der Waals surface area (Å²) in [6.45, 7) is 4.59. The zero-order valence-corrected chi connectivity index (χ0v) is 27.7. The molecule has 0 saturated carbocycles. The number of unbranched alkanes of at least 4 members (excludes halogenated alkanes) is 15. The van der Waals surface area contributed by atoms with Crippen LogP contribution in [0.1, 0.15) is 141 Å². The summed E-state index contributed by atoms with van der Waals surface area (Å²) in [5, 5.41) is 8.57. The highest BCUT2D eigenvalue weighted by Crippen LogP contribution is 2.33. The monoisotopic (exact) mass is 579 g/mol. The van der Waals surface area contributed by atoms with Crippen LogP contribution in [0.3, 0.4) is 0 Å². The highest BCUT2D eigenvalue weighted by Gasteiger charge is 2.13. The molecule has 1 N–H and O–H groups in total. The Morgan fingerprint density at radius 2 is 0.977 bits per heavy atom. The molecule has 1 heterocycles. The van der Waals surface area contributed by atoms with E-state index >= 15 is 0 Å². The lowest BCUT2D eigenvalue weighted by molar-refractivity contribution is 0.531. The third kappa shape index (κ3) is 13.6. The predicted octanol–water partition coefficient (Wildman–Crippen LogP) is 13.3. The van der Waals surface area contributed by atoms with E-state index in [0.29, 0.717) is 0 Å². The topological polar surface area (TPSA) is 12.0 Å². The van der Waals surface area contributed by atoms with Crippen molar-refractivity contribution in [1.82, 2.24) is 5.32 Å². The summed E-state index contributed by atoms with van der Waals surface area (Å²) in [6.07, 6.45) is 40.2. The van der Waals surface area contributed by atoms with Crippen molar-refractivity contribution in [3.8, 4) is 0 Å². The standard InChI is InChI=1S/C18H16.C18H38.C6H7N/c1-3-7-15-13(5-1)9-11-18-16-8-4-2-6-14(16)10-12-17(15)18;1-3-5-7-9-11-13-15-17-18-16-14-12-10-8-6-4-2;1-2-4-6-7-5-3-1/h1,3,5,7,9-12H,2,4,6,8H2;3-18H2,1-2H3;1-7H. The molecule has 0 bridgehead atoms. The predicted molar refractivity (Wildman–Crippen MR) is 194 cm³/mol. The second-order valence-corrected chi connectivity index (χ2v) is 12.5. The van der Waals surface area contributed by atoms with E-state index in [0.717, 1.165) is 0 Å². The van der Waals surface area contributed by atoms with E-state index in [1.165, 1.54) is 150 Å². The zero-order chi connectivity index (χ0) is 30.2. The van der Waals surface area contributed by atoms with E-state index in [9.17, 15) is 0 Å². The first-order valence-corrected chi connectivity index (χ1v) is 18.0. The van der Waals surface area contributed by atoms with Crippen molar-refractivity contribution in [3.05, 3.63) is 96.4 Å². The van der Waals surface area contributed by atoms with E-state index in [4.69, 9.17) is 0 Å². The lowest BCUT2D eigenvalue weighted by Crippen LogP contribution is -2.02. The molecule has 1 aliphatic carbocycles. The molecule has 0 spiro atoms. The van der Waals surface area contributed by atoms with Gasteiger partial charge in [0.1, 0.15) is 0 Å². The summed E-state index contributed by atoms with van der Waals surface area (Å²) in [5.41, 5.74) is 3.17. The highest BCUT2D eigenvalue weighted by atomic mass is 14.8. The smallest absolute Gasteiger partial charge is 0.000442 e. The Kier molecular flexibility index (Phi) is 18.3. The molecule has 2 aliphatic rings. The van der Waals surface area contributed by atoms with Crippen LogP contribution >= 0.6 is 0 Å². The Labute approximate surface area is 264 Å². The van der Waals surface area contributed by atoms with Gasteiger partial charge in [-0.05, 0) is 70.5 Å². The second kappa shape index (κ2) is 22.7. The lowest BCUT2D eigenvalue weighted by Gasteiger charge is -2.18. The minimum atomic E-state index is 1.25. The Hall–Kier alpha value is -2.80. The molecule has 0 aromatic heterocycles. The van der Waals surface area contributed by atoms with Gasteiger partial charge < -0.3 is 5.32 Å². The van der Waals surface area contributed by atoms with Crippen molar-refractivity contribution < 1.29 is 0 Å². The lowest BCUT2D eigenvalue weighted by atomic mass is 9.86. The van der Waals surface area contributed by atoms with E-state index in [1.807, 2.05) is 36.7 Å². The maximum atomic E-state index is 2.92. The van der Waals surface area contributed by atoms with Crippen molar-refractivity contribution in [1.29, 1.82) is 0 Å². The highest BCUT2D eigenvalue weighted by molar-refractivity contribution is 6.08. The fourth-order valence-corrected chi connectivity index (χ4v) is 6.37. The van der Waals surface area contributed by atoms with Gasteiger partial charge >= 0.3 is 0 Å². The molecule has 0 amide bonds. The first-order chi connectivity index (χ1) is 21.3. The minimum absolute atomic E-state index is 1.25. The number of hydrogen-bond donors (Lipinski definition) is 1. The van der Waals surface area contributed by atoms with Crippen LogP contribution in [-0.4, -0.2) is 0 Å². The van der Waals surface area contributed by atoms with Gasteiger partial charge in [0.25, 0.3) is 0 Å². The molecule has 0 fully saturated rings. The van der Waals surface area contributed by atoms with Crippen LogP contribution in [0.15, 0.2) is 85.2 Å². The Morgan fingerprint density at radius 3 is 1.56 bits per heavy atom. The SMILES string of the molecule is C1=CC=CNC=C1.CCCCCCCCCCCCCCCCCC.c1ccc2c(c1)ccc1c3c(ccc12)CCCC3. The summed E-state index contributed by atoms with van der Waals surface area (Å²) in [6, 6.07) is 18.0. The van der Waals surface area contributed by atoms with E-state index in [1.54, 1.807) is 11.1 Å². The Bertz CT molecular complexity index is 1200. The number of hydrogen-bond acceptors (Lipinski definition) is 1. The largest absolute Gasteiger partial charge is 0.368 e. The molecule has 5 rings (SSSR count). The van der Waals surface area contributed by atoms with Gasteiger partial charge in [-0.15, -0.1) is 0 Å². The average molecular weight is 580 g/mol. The number of allylic oxidation sites excluding steroid dienone is 4. The van der Waals surface area contributed by atoms with Crippen molar-refractivity contribution in [3.63, 3.8) is 0 Å². The molecular weight excluding hydrogens is 518 g/mol. The van der Waals surface area contributed by atoms with Crippen LogP contribution in [0.2, 0.25) is 0 Å². The minimum Gasteiger partial charge on any atom is -0.368 e. The number of benzene rings is 3. The van der Waals surface area contributed by atoms with Crippen LogP contribution in [0, 0.1) is 0 Å². The molecule has 3 aromatic rings. The number of nitrogens with one attached hydrogen (secondary N) is 1. The number of rotatable bonds is 15. The van der Waals surface area contributed by atoms with E-state index in [-0.39, 0.29) is 0 Å². The quantitative estimate of drug-likeness (QED) is 0.139. The van der Waals surface area contributed by atoms with Crippen molar-refractivity contribution >= 4 is 21.5 Å². The first-order valence-electron chi connectivity index (χ1n) is 18.0. The maximum Gasteiger partial charge on any atom is 0.000442 e. The van der Waals surface area contributed by atoms with Crippen LogP contribution in [0.5, 0.6) is 0 Å². The van der Waals surface area contributed by atoms with E-state index < -0.39 is 0 Å². The third-order valence-corrected chi connectivity index (χ3v) is 8.93. The van der Waals surface area contributed by atoms with Gasteiger partial charge in [-0.3, -0.25) is 0 Å². The van der Waals surface area contributed by atoms with Crippen molar-refractivity contribution in [2.75, 3.05) is 0 Å². The molecule has 0 unspecified atom stereocenters. The second-order valence-electron chi connectivity index (χ2n) is 12.5. The molecule has 1 aliphatic heterocycles. The number of aryl methyl sites for hydroxylation is 2. The van der Waals surface area contributed by atoms with Gasteiger partial charge in [0.2, 0.25) is 0 Å². The zero-order valence-electron chi connectivity index (χ0n) is 27.7. The molecular formula is C42H61N. The van der Waals surface area contributed by atoms with Crippen molar-refractivity contribution in [2.45, 2.75) is 142 Å². The van der Waals surface area contributed by atoms with E-state index in [2.05, 4.69) is 67.7 Å². The molecule has 1 nitrogen and oxygen atoms in total. The summed E-state index contributed by atoms with van der Waals surface area (Å²) >= 11 is 0. The molecule has 234 valence electrons. The Balaban J connectivity index is 0.000000193. The van der Waals surface area contributed by atoms with Gasteiger partial charge in [-0.25, -0.2) is 0 Å². The normalized spacial score (nSPS) is 13.4. The first kappa shape index (κ1) is 34.7. The summed E-state index contributed by atoms with van der Waals surface area (Å²) in [4.78, 5) is 0. The van der Waals surface area contributed by atoms with Crippen LogP contribution in [0.25, 0.3) is 21.5 Å². The van der Waals surface area contributed by atoms with Crippen molar-refractivity contribution in [2.24, 2.45) is 0 Å². The molecule has 1 heteroatoms. The van der Waals surface area contributed by atoms with Gasteiger partial charge in [0.15, 0.2) is 0 Å².